The van der Waals surface area contributed by atoms with Gasteiger partial charge in [-0.05, 0) is 37.3 Å². The molecule has 1 amide bonds. The van der Waals surface area contributed by atoms with Crippen molar-refractivity contribution in [1.29, 1.82) is 0 Å². The standard InChI is InChI=1S/C24H28N4OS/c1-17-14-18(2)16-27(15-17)23(29)19(3)30-24-26-25-22(20-10-6-4-7-11-20)28(24)21-12-8-5-9-13-21/h4-13,17-19H,14-16H2,1-3H3. The average molecular weight is 421 g/mol. The Hall–Kier alpha value is -2.60. The van der Waals surface area contributed by atoms with E-state index in [1.54, 1.807) is 0 Å². The van der Waals surface area contributed by atoms with E-state index in [1.807, 2.05) is 77.1 Å². The monoisotopic (exact) mass is 420 g/mol. The number of nitrogens with zero attached hydrogens (tertiary/aromatic N) is 4. The van der Waals surface area contributed by atoms with Crippen molar-refractivity contribution in [2.24, 2.45) is 11.8 Å². The average Bonchev–Trinajstić information content (AvgIpc) is 3.17. The first kappa shape index (κ1) is 20.7. The lowest BCUT2D eigenvalue weighted by Gasteiger charge is -2.36. The van der Waals surface area contributed by atoms with Crippen molar-refractivity contribution in [2.45, 2.75) is 37.6 Å². The fraction of sp³-hybridized carbons (Fsp3) is 0.375. The molecule has 0 radical (unpaired) electrons. The van der Waals surface area contributed by atoms with Crippen LogP contribution in [0.25, 0.3) is 17.1 Å². The van der Waals surface area contributed by atoms with Gasteiger partial charge in [-0.2, -0.15) is 0 Å². The lowest BCUT2D eigenvalue weighted by Crippen LogP contribution is -2.45. The summed E-state index contributed by atoms with van der Waals surface area (Å²) >= 11 is 1.48. The third-order valence-corrected chi connectivity index (χ3v) is 6.52. The van der Waals surface area contributed by atoms with Crippen molar-refractivity contribution in [3.8, 4) is 17.1 Å². The van der Waals surface area contributed by atoms with Crippen LogP contribution < -0.4 is 0 Å². The molecule has 0 saturated carbocycles. The Kier molecular flexibility index (Phi) is 6.23. The fourth-order valence-corrected chi connectivity index (χ4v) is 5.19. The van der Waals surface area contributed by atoms with Crippen LogP contribution in [0.1, 0.15) is 27.2 Å². The highest BCUT2D eigenvalue weighted by molar-refractivity contribution is 8.00. The maximum absolute atomic E-state index is 13.2. The molecule has 156 valence electrons. The Morgan fingerprint density at radius 1 is 0.967 bits per heavy atom. The molecule has 6 heteroatoms. The van der Waals surface area contributed by atoms with Crippen molar-refractivity contribution < 1.29 is 4.79 Å². The van der Waals surface area contributed by atoms with Crippen LogP contribution in [0.2, 0.25) is 0 Å². The van der Waals surface area contributed by atoms with Crippen molar-refractivity contribution in [2.75, 3.05) is 13.1 Å². The second-order valence-electron chi connectivity index (χ2n) is 8.29. The van der Waals surface area contributed by atoms with Crippen molar-refractivity contribution in [1.82, 2.24) is 19.7 Å². The molecule has 3 atom stereocenters. The second kappa shape index (κ2) is 9.04. The van der Waals surface area contributed by atoms with Gasteiger partial charge in [-0.15, -0.1) is 10.2 Å². The van der Waals surface area contributed by atoms with E-state index in [0.29, 0.717) is 11.8 Å². The number of thioether (sulfide) groups is 1. The van der Waals surface area contributed by atoms with Gasteiger partial charge in [-0.1, -0.05) is 74.1 Å². The zero-order valence-electron chi connectivity index (χ0n) is 17.7. The smallest absolute Gasteiger partial charge is 0.235 e. The number of carbonyl (C=O) groups excluding carboxylic acids is 1. The van der Waals surface area contributed by atoms with Crippen molar-refractivity contribution in [3.63, 3.8) is 0 Å². The Morgan fingerprint density at radius 3 is 2.20 bits per heavy atom. The van der Waals surface area contributed by atoms with E-state index >= 15 is 0 Å². The molecule has 1 aliphatic heterocycles. The molecule has 30 heavy (non-hydrogen) atoms. The zero-order chi connectivity index (χ0) is 21.1. The van der Waals surface area contributed by atoms with E-state index in [-0.39, 0.29) is 11.2 Å². The molecule has 3 unspecified atom stereocenters. The van der Waals surface area contributed by atoms with Gasteiger partial charge in [0.2, 0.25) is 5.91 Å². The van der Waals surface area contributed by atoms with E-state index < -0.39 is 0 Å². The maximum Gasteiger partial charge on any atom is 0.235 e. The van der Waals surface area contributed by atoms with Gasteiger partial charge < -0.3 is 4.90 Å². The Bertz CT molecular complexity index is 979. The highest BCUT2D eigenvalue weighted by atomic mass is 32.2. The topological polar surface area (TPSA) is 51.0 Å². The summed E-state index contributed by atoms with van der Waals surface area (Å²) in [7, 11) is 0. The Labute approximate surface area is 182 Å². The summed E-state index contributed by atoms with van der Waals surface area (Å²) in [5, 5.41) is 9.46. The molecule has 1 aliphatic rings. The molecule has 1 saturated heterocycles. The molecule has 0 N–H and O–H groups in total. The highest BCUT2D eigenvalue weighted by Gasteiger charge is 2.30. The number of hydrogen-bond donors (Lipinski definition) is 0. The molecule has 5 nitrogen and oxygen atoms in total. The SMILES string of the molecule is CC1CC(C)CN(C(=O)C(C)Sc2nnc(-c3ccccc3)n2-c2ccccc2)C1. The van der Waals surface area contributed by atoms with Gasteiger partial charge in [-0.25, -0.2) is 0 Å². The van der Waals surface area contributed by atoms with E-state index in [2.05, 4.69) is 24.0 Å². The second-order valence-corrected chi connectivity index (χ2v) is 9.60. The third-order valence-electron chi connectivity index (χ3n) is 5.49. The first-order chi connectivity index (χ1) is 14.5. The van der Waals surface area contributed by atoms with Gasteiger partial charge in [0.1, 0.15) is 0 Å². The molecule has 0 spiro atoms. The highest BCUT2D eigenvalue weighted by Crippen LogP contribution is 2.31. The van der Waals surface area contributed by atoms with Gasteiger partial charge in [0.25, 0.3) is 0 Å². The largest absolute Gasteiger partial charge is 0.341 e. The normalized spacial score (nSPS) is 20.2. The summed E-state index contributed by atoms with van der Waals surface area (Å²) in [6.07, 6.45) is 1.19. The number of carbonyl (C=O) groups is 1. The minimum atomic E-state index is -0.224. The van der Waals surface area contributed by atoms with Crippen LogP contribution >= 0.6 is 11.8 Å². The van der Waals surface area contributed by atoms with Gasteiger partial charge in [-0.3, -0.25) is 9.36 Å². The number of rotatable bonds is 5. The number of benzene rings is 2. The lowest BCUT2D eigenvalue weighted by molar-refractivity contribution is -0.132. The van der Waals surface area contributed by atoms with Gasteiger partial charge >= 0.3 is 0 Å². The molecule has 1 fully saturated rings. The van der Waals surface area contributed by atoms with Crippen molar-refractivity contribution >= 4 is 17.7 Å². The summed E-state index contributed by atoms with van der Waals surface area (Å²) in [6, 6.07) is 20.1. The molecular formula is C24H28N4OS. The maximum atomic E-state index is 13.2. The fourth-order valence-electron chi connectivity index (χ4n) is 4.24. The summed E-state index contributed by atoms with van der Waals surface area (Å²) in [5.41, 5.74) is 1.99. The van der Waals surface area contributed by atoms with E-state index in [9.17, 15) is 4.79 Å². The van der Waals surface area contributed by atoms with Crippen LogP contribution in [0.4, 0.5) is 0 Å². The number of amides is 1. The number of likely N-dealkylation sites (tertiary alicyclic amines) is 1. The molecule has 4 rings (SSSR count). The summed E-state index contributed by atoms with van der Waals surface area (Å²) < 4.78 is 2.05. The molecular weight excluding hydrogens is 392 g/mol. The molecule has 1 aromatic heterocycles. The van der Waals surface area contributed by atoms with E-state index in [0.717, 1.165) is 35.3 Å². The van der Waals surface area contributed by atoms with Crippen LogP contribution in [0, 0.1) is 11.8 Å². The van der Waals surface area contributed by atoms with Gasteiger partial charge in [0.15, 0.2) is 11.0 Å². The van der Waals surface area contributed by atoms with Crippen LogP contribution in [-0.2, 0) is 4.79 Å². The number of aromatic nitrogens is 3. The van der Waals surface area contributed by atoms with E-state index in [1.165, 1.54) is 18.2 Å². The van der Waals surface area contributed by atoms with E-state index in [4.69, 9.17) is 0 Å². The van der Waals surface area contributed by atoms with Crippen LogP contribution in [0.3, 0.4) is 0 Å². The molecule has 2 heterocycles. The predicted molar refractivity (Wildman–Crippen MR) is 122 cm³/mol. The minimum absolute atomic E-state index is 0.183. The lowest BCUT2D eigenvalue weighted by atomic mass is 9.92. The summed E-state index contributed by atoms with van der Waals surface area (Å²) in [6.45, 7) is 8.12. The number of para-hydroxylation sites is 1. The minimum Gasteiger partial charge on any atom is -0.341 e. The molecule has 3 aromatic rings. The summed E-state index contributed by atoms with van der Waals surface area (Å²) in [5.74, 6) is 2.06. The van der Waals surface area contributed by atoms with Crippen molar-refractivity contribution in [3.05, 3.63) is 60.7 Å². The zero-order valence-corrected chi connectivity index (χ0v) is 18.5. The third kappa shape index (κ3) is 4.43. The van der Waals surface area contributed by atoms with Crippen LogP contribution in [0.5, 0.6) is 0 Å². The predicted octanol–water partition coefficient (Wildman–Crippen LogP) is 4.92. The van der Waals surface area contributed by atoms with Gasteiger partial charge in [0, 0.05) is 24.3 Å². The number of piperidine rings is 1. The first-order valence-electron chi connectivity index (χ1n) is 10.5. The van der Waals surface area contributed by atoms with Crippen LogP contribution in [-0.4, -0.2) is 43.9 Å². The molecule has 0 aliphatic carbocycles. The quantitative estimate of drug-likeness (QED) is 0.550. The Balaban J connectivity index is 1.63. The summed E-state index contributed by atoms with van der Waals surface area (Å²) in [4.78, 5) is 15.2. The number of hydrogen-bond acceptors (Lipinski definition) is 4. The van der Waals surface area contributed by atoms with Crippen LogP contribution in [0.15, 0.2) is 65.8 Å². The molecule has 2 aromatic carbocycles. The first-order valence-corrected chi connectivity index (χ1v) is 11.4. The van der Waals surface area contributed by atoms with Gasteiger partial charge in [0.05, 0.1) is 5.25 Å². The molecule has 0 bridgehead atoms. The Morgan fingerprint density at radius 2 is 1.57 bits per heavy atom.